The van der Waals surface area contributed by atoms with Crippen molar-refractivity contribution in [2.45, 2.75) is 25.9 Å². The average molecular weight is 260 g/mol. The molecule has 7 nitrogen and oxygen atoms in total. The summed E-state index contributed by atoms with van der Waals surface area (Å²) in [6.07, 6.45) is 0. The first-order valence-electron chi connectivity index (χ1n) is 3.25. The van der Waals surface area contributed by atoms with Gasteiger partial charge in [0.05, 0.1) is 0 Å². The molecular formula is C6H16CuN2O5. The Morgan fingerprint density at radius 3 is 1.07 bits per heavy atom. The Hall–Kier alpha value is -0.661. The molecule has 0 fully saturated rings. The van der Waals surface area contributed by atoms with Gasteiger partial charge < -0.3 is 27.2 Å². The maximum atomic E-state index is 9.57. The van der Waals surface area contributed by atoms with E-state index >= 15 is 0 Å². The van der Waals surface area contributed by atoms with Crippen LogP contribution in [-0.2, 0) is 26.7 Å². The molecule has 0 rings (SSSR count). The fourth-order valence-corrected chi connectivity index (χ4v) is 0. The summed E-state index contributed by atoms with van der Waals surface area (Å²) in [6.45, 7) is 2.84. The summed E-state index contributed by atoms with van der Waals surface area (Å²) >= 11 is 0. The summed E-state index contributed by atoms with van der Waals surface area (Å²) in [5, 5.41) is 15.7. The zero-order chi connectivity index (χ0) is 10.3. The molecule has 91 valence electrons. The Kier molecular flexibility index (Phi) is 20.5. The van der Waals surface area contributed by atoms with Crippen molar-refractivity contribution >= 4 is 11.9 Å². The van der Waals surface area contributed by atoms with E-state index in [0.717, 1.165) is 0 Å². The van der Waals surface area contributed by atoms with Crippen LogP contribution in [0.4, 0.5) is 0 Å². The van der Waals surface area contributed by atoms with Gasteiger partial charge in [-0.1, -0.05) is 0 Å². The van der Waals surface area contributed by atoms with Gasteiger partial charge in [0.15, 0.2) is 0 Å². The summed E-state index contributed by atoms with van der Waals surface area (Å²) < 4.78 is 0. The molecule has 0 heterocycles. The Morgan fingerprint density at radius 2 is 1.07 bits per heavy atom. The summed E-state index contributed by atoms with van der Waals surface area (Å²) in [6, 6.07) is -1.46. The molecule has 1 radical (unpaired) electrons. The van der Waals surface area contributed by atoms with Crippen molar-refractivity contribution in [2.24, 2.45) is 11.5 Å². The SMILES string of the molecule is C[C@H](N)C(=O)O.C[C@H](N)C(=O)O.O.[Cu]. The number of hydrogen-bond donors (Lipinski definition) is 4. The average Bonchev–Trinajstić information content (AvgIpc) is 1.88. The first kappa shape index (κ1) is 23.3. The third kappa shape index (κ3) is 22.5. The van der Waals surface area contributed by atoms with Crippen molar-refractivity contribution in [3.05, 3.63) is 0 Å². The Balaban J connectivity index is -0.0000000625. The normalized spacial score (nSPS) is 11.7. The molecule has 0 unspecified atom stereocenters. The maximum absolute atomic E-state index is 9.57. The van der Waals surface area contributed by atoms with E-state index < -0.39 is 24.0 Å². The van der Waals surface area contributed by atoms with Crippen molar-refractivity contribution in [3.63, 3.8) is 0 Å². The zero-order valence-electron chi connectivity index (χ0n) is 7.82. The molecular weight excluding hydrogens is 244 g/mol. The summed E-state index contributed by atoms with van der Waals surface area (Å²) in [7, 11) is 0. The minimum Gasteiger partial charge on any atom is -0.480 e. The monoisotopic (exact) mass is 259 g/mol. The van der Waals surface area contributed by atoms with Crippen LogP contribution in [0.25, 0.3) is 0 Å². The second-order valence-corrected chi connectivity index (χ2v) is 2.25. The number of carboxylic acids is 2. The van der Waals surface area contributed by atoms with Crippen molar-refractivity contribution in [1.29, 1.82) is 0 Å². The molecule has 2 atom stereocenters. The molecule has 0 aliphatic carbocycles. The third-order valence-corrected chi connectivity index (χ3v) is 0.779. The fourth-order valence-electron chi connectivity index (χ4n) is 0. The topological polar surface area (TPSA) is 158 Å². The van der Waals surface area contributed by atoms with Gasteiger partial charge in [-0.05, 0) is 13.8 Å². The maximum Gasteiger partial charge on any atom is 0.320 e. The van der Waals surface area contributed by atoms with Gasteiger partial charge in [-0.15, -0.1) is 0 Å². The van der Waals surface area contributed by atoms with Crippen molar-refractivity contribution in [3.8, 4) is 0 Å². The van der Waals surface area contributed by atoms with E-state index in [0.29, 0.717) is 0 Å². The second kappa shape index (κ2) is 12.3. The van der Waals surface area contributed by atoms with Gasteiger partial charge in [-0.3, -0.25) is 9.59 Å². The number of carbonyl (C=O) groups is 2. The van der Waals surface area contributed by atoms with Crippen LogP contribution >= 0.6 is 0 Å². The van der Waals surface area contributed by atoms with Crippen molar-refractivity contribution in [2.75, 3.05) is 0 Å². The number of hydrogen-bond acceptors (Lipinski definition) is 4. The van der Waals surface area contributed by atoms with Gasteiger partial charge in [0, 0.05) is 17.1 Å². The number of aliphatic carboxylic acids is 2. The van der Waals surface area contributed by atoms with Gasteiger partial charge >= 0.3 is 11.9 Å². The smallest absolute Gasteiger partial charge is 0.320 e. The van der Waals surface area contributed by atoms with Gasteiger partial charge in [-0.25, -0.2) is 0 Å². The first-order chi connectivity index (χ1) is 5.29. The molecule has 14 heavy (non-hydrogen) atoms. The van der Waals surface area contributed by atoms with Crippen LogP contribution in [0.3, 0.4) is 0 Å². The number of carboxylic acid groups (broad SMARTS) is 2. The van der Waals surface area contributed by atoms with Crippen LogP contribution in [-0.4, -0.2) is 39.7 Å². The predicted molar refractivity (Wildman–Crippen MR) is 46.2 cm³/mol. The van der Waals surface area contributed by atoms with E-state index in [2.05, 4.69) is 0 Å². The summed E-state index contributed by atoms with van der Waals surface area (Å²) in [4.78, 5) is 19.1. The quantitative estimate of drug-likeness (QED) is 0.420. The van der Waals surface area contributed by atoms with Crippen molar-refractivity contribution < 1.29 is 42.3 Å². The van der Waals surface area contributed by atoms with Gasteiger partial charge in [-0.2, -0.15) is 0 Å². The molecule has 8 N–H and O–H groups in total. The van der Waals surface area contributed by atoms with E-state index in [1.54, 1.807) is 0 Å². The summed E-state index contributed by atoms with van der Waals surface area (Å²) in [5.74, 6) is -1.93. The Bertz CT molecular complexity index is 144. The van der Waals surface area contributed by atoms with Gasteiger partial charge in [0.25, 0.3) is 0 Å². The molecule has 0 aromatic carbocycles. The predicted octanol–water partition coefficient (Wildman–Crippen LogP) is -1.99. The molecule has 0 spiro atoms. The molecule has 8 heteroatoms. The number of nitrogens with two attached hydrogens (primary N) is 2. The molecule has 0 aromatic rings. The largest absolute Gasteiger partial charge is 0.480 e. The standard InChI is InChI=1S/2C3H7NO2.Cu.H2O/c2*1-2(4)3(5)6;;/h2*2H,4H2,1H3,(H,5,6);;1H2/t2*2-;;/m00../s1. The molecule has 0 bridgehead atoms. The Labute approximate surface area is 92.2 Å². The number of rotatable bonds is 2. The first-order valence-corrected chi connectivity index (χ1v) is 3.25. The molecule has 0 saturated heterocycles. The van der Waals surface area contributed by atoms with Crippen LogP contribution in [0.5, 0.6) is 0 Å². The van der Waals surface area contributed by atoms with E-state index in [1.807, 2.05) is 0 Å². The summed E-state index contributed by atoms with van der Waals surface area (Å²) in [5.41, 5.74) is 9.67. The van der Waals surface area contributed by atoms with Crippen LogP contribution in [0.15, 0.2) is 0 Å². The van der Waals surface area contributed by atoms with E-state index in [4.69, 9.17) is 21.7 Å². The van der Waals surface area contributed by atoms with E-state index in [1.165, 1.54) is 13.8 Å². The van der Waals surface area contributed by atoms with Crippen LogP contribution in [0.2, 0.25) is 0 Å². The van der Waals surface area contributed by atoms with Crippen molar-refractivity contribution in [1.82, 2.24) is 0 Å². The molecule has 0 amide bonds. The van der Waals surface area contributed by atoms with E-state index in [-0.39, 0.29) is 22.5 Å². The van der Waals surface area contributed by atoms with Crippen LogP contribution in [0.1, 0.15) is 13.8 Å². The minimum absolute atomic E-state index is 0. The van der Waals surface area contributed by atoms with E-state index in [9.17, 15) is 9.59 Å². The second-order valence-electron chi connectivity index (χ2n) is 2.25. The minimum atomic E-state index is -0.963. The zero-order valence-corrected chi connectivity index (χ0v) is 8.76. The molecule has 0 aromatic heterocycles. The van der Waals surface area contributed by atoms with Crippen LogP contribution in [0, 0.1) is 0 Å². The third-order valence-electron chi connectivity index (χ3n) is 0.779. The molecule has 0 aliphatic rings. The van der Waals surface area contributed by atoms with Gasteiger partial charge in [0.1, 0.15) is 12.1 Å². The molecule has 0 aliphatic heterocycles. The van der Waals surface area contributed by atoms with Gasteiger partial charge in [0.2, 0.25) is 0 Å². The fraction of sp³-hybridized carbons (Fsp3) is 0.667. The molecule has 0 saturated carbocycles. The Morgan fingerprint density at radius 1 is 1.00 bits per heavy atom. The van der Waals surface area contributed by atoms with Crippen LogP contribution < -0.4 is 11.5 Å².